The van der Waals surface area contributed by atoms with E-state index in [1.807, 2.05) is 0 Å². The number of carbonyl (C=O) groups is 3. The molecule has 6 nitrogen and oxygen atoms in total. The maximum absolute atomic E-state index is 12.5. The molecule has 6 heteroatoms. The fourth-order valence-electron chi connectivity index (χ4n) is 9.62. The zero-order valence-electron chi connectivity index (χ0n) is 22.1. The van der Waals surface area contributed by atoms with E-state index in [1.54, 1.807) is 0 Å². The van der Waals surface area contributed by atoms with E-state index < -0.39 is 18.0 Å². The van der Waals surface area contributed by atoms with Gasteiger partial charge in [-0.15, -0.1) is 0 Å². The summed E-state index contributed by atoms with van der Waals surface area (Å²) < 4.78 is 0. The van der Waals surface area contributed by atoms with Crippen molar-refractivity contribution in [2.75, 3.05) is 0 Å². The predicted molar refractivity (Wildman–Crippen MR) is 135 cm³/mol. The lowest BCUT2D eigenvalue weighted by molar-refractivity contribution is -0.143. The van der Waals surface area contributed by atoms with Crippen LogP contribution in [-0.4, -0.2) is 34.1 Å². The van der Waals surface area contributed by atoms with Gasteiger partial charge in [-0.3, -0.25) is 9.59 Å². The van der Waals surface area contributed by atoms with Crippen molar-refractivity contribution in [2.24, 2.45) is 46.3 Å². The second-order valence-electron chi connectivity index (χ2n) is 13.0. The molecule has 0 aromatic heterocycles. The van der Waals surface area contributed by atoms with Crippen LogP contribution >= 0.6 is 0 Å². The van der Waals surface area contributed by atoms with E-state index in [-0.39, 0.29) is 18.7 Å². The van der Waals surface area contributed by atoms with Crippen LogP contribution in [0.3, 0.4) is 0 Å². The fraction of sp³-hybridized carbons (Fsp3) is 0.897. The van der Waals surface area contributed by atoms with Crippen molar-refractivity contribution in [1.82, 2.24) is 5.32 Å². The van der Waals surface area contributed by atoms with Crippen molar-refractivity contribution in [2.45, 2.75) is 117 Å². The molecule has 0 bridgehead atoms. The summed E-state index contributed by atoms with van der Waals surface area (Å²) in [6.45, 7) is 7.46. The van der Waals surface area contributed by atoms with Crippen molar-refractivity contribution >= 4 is 17.8 Å². The summed E-state index contributed by atoms with van der Waals surface area (Å²) >= 11 is 0. The standard InChI is InChI=1S/C29H47NO5/c1-18(7-13-25(31)30-24(27(34)35)12-14-26(32)33)21-10-11-22-20-9-8-19-6-4-5-16-28(19,2)23(20)15-17-29(21,22)3/h18-24H,4-17H2,1-3H3,(H,30,31)(H,32,33)(H,34,35)/t18-,19+,20+,21-,22?,23?,24+,28+,29-/m1/s1. The van der Waals surface area contributed by atoms with Gasteiger partial charge in [0.25, 0.3) is 0 Å². The molecule has 0 aromatic carbocycles. The van der Waals surface area contributed by atoms with Crippen LogP contribution < -0.4 is 5.32 Å². The third kappa shape index (κ3) is 5.13. The minimum absolute atomic E-state index is 0.0866. The fourth-order valence-corrected chi connectivity index (χ4v) is 9.62. The predicted octanol–water partition coefficient (Wildman–Crippen LogP) is 5.89. The van der Waals surface area contributed by atoms with Crippen LogP contribution in [0, 0.1) is 46.3 Å². The number of hydrogen-bond donors (Lipinski definition) is 3. The molecule has 0 saturated heterocycles. The van der Waals surface area contributed by atoms with Gasteiger partial charge in [-0.25, -0.2) is 4.79 Å². The number of carboxylic acid groups (broad SMARTS) is 2. The highest BCUT2D eigenvalue weighted by atomic mass is 16.4. The zero-order chi connectivity index (χ0) is 25.4. The number of carbonyl (C=O) groups excluding carboxylic acids is 1. The molecule has 198 valence electrons. The molecule has 3 N–H and O–H groups in total. The Bertz CT molecular complexity index is 813. The monoisotopic (exact) mass is 489 g/mol. The highest BCUT2D eigenvalue weighted by molar-refractivity contribution is 5.83. The second-order valence-corrected chi connectivity index (χ2v) is 13.0. The van der Waals surface area contributed by atoms with Gasteiger partial charge in [0, 0.05) is 12.8 Å². The average molecular weight is 490 g/mol. The van der Waals surface area contributed by atoms with E-state index in [0.29, 0.717) is 29.1 Å². The summed E-state index contributed by atoms with van der Waals surface area (Å²) in [7, 11) is 0. The van der Waals surface area contributed by atoms with Crippen LogP contribution in [0.1, 0.15) is 111 Å². The molecule has 0 aliphatic heterocycles. The molecule has 2 unspecified atom stereocenters. The lowest BCUT2D eigenvalue weighted by Gasteiger charge is -2.61. The quantitative estimate of drug-likeness (QED) is 0.375. The van der Waals surface area contributed by atoms with Crippen LogP contribution in [0.25, 0.3) is 0 Å². The van der Waals surface area contributed by atoms with Gasteiger partial charge in [0.05, 0.1) is 0 Å². The van der Waals surface area contributed by atoms with E-state index >= 15 is 0 Å². The Morgan fingerprint density at radius 3 is 2.31 bits per heavy atom. The summed E-state index contributed by atoms with van der Waals surface area (Å²) in [6.07, 6.45) is 14.6. The molecule has 0 heterocycles. The van der Waals surface area contributed by atoms with Crippen molar-refractivity contribution in [3.63, 3.8) is 0 Å². The Balaban J connectivity index is 1.34. The Kier molecular flexibility index (Phi) is 7.88. The van der Waals surface area contributed by atoms with Gasteiger partial charge in [-0.05, 0) is 111 Å². The molecule has 9 atom stereocenters. The average Bonchev–Trinajstić information content (AvgIpc) is 3.16. The molecule has 4 fully saturated rings. The van der Waals surface area contributed by atoms with E-state index in [2.05, 4.69) is 26.1 Å². The number of nitrogens with one attached hydrogen (secondary N) is 1. The van der Waals surface area contributed by atoms with Crippen LogP contribution in [0.2, 0.25) is 0 Å². The number of hydrogen-bond acceptors (Lipinski definition) is 3. The SMILES string of the molecule is C[C@H](CCC(=O)N[C@@H](CCC(=O)O)C(=O)O)[C@H]1CCC2[C@@H]3CC[C@@H]4CCCC[C@]4(C)C3CC[C@@]21C. The van der Waals surface area contributed by atoms with E-state index in [0.717, 1.165) is 30.1 Å². The maximum atomic E-state index is 12.5. The van der Waals surface area contributed by atoms with E-state index in [4.69, 9.17) is 5.11 Å². The number of aliphatic carboxylic acids is 2. The van der Waals surface area contributed by atoms with Crippen LogP contribution in [-0.2, 0) is 14.4 Å². The molecule has 0 spiro atoms. The van der Waals surface area contributed by atoms with Crippen molar-refractivity contribution in [1.29, 1.82) is 0 Å². The number of carboxylic acids is 2. The van der Waals surface area contributed by atoms with Crippen LogP contribution in [0.5, 0.6) is 0 Å². The van der Waals surface area contributed by atoms with Gasteiger partial charge in [-0.1, -0.05) is 33.6 Å². The Hall–Kier alpha value is -1.59. The van der Waals surface area contributed by atoms with Gasteiger partial charge in [0.15, 0.2) is 0 Å². The molecule has 4 saturated carbocycles. The topological polar surface area (TPSA) is 104 Å². The first-order valence-electron chi connectivity index (χ1n) is 14.3. The normalized spacial score (nSPS) is 40.0. The van der Waals surface area contributed by atoms with Gasteiger partial charge >= 0.3 is 11.9 Å². The number of amides is 1. The minimum Gasteiger partial charge on any atom is -0.481 e. The zero-order valence-corrected chi connectivity index (χ0v) is 22.1. The Morgan fingerprint density at radius 2 is 1.60 bits per heavy atom. The molecule has 0 radical (unpaired) electrons. The maximum Gasteiger partial charge on any atom is 0.326 e. The molecular formula is C29H47NO5. The molecule has 4 aliphatic carbocycles. The summed E-state index contributed by atoms with van der Waals surface area (Å²) in [5, 5.41) is 20.7. The second kappa shape index (κ2) is 10.4. The molecule has 1 amide bonds. The van der Waals surface area contributed by atoms with Crippen LogP contribution in [0.15, 0.2) is 0 Å². The van der Waals surface area contributed by atoms with Gasteiger partial charge in [0.2, 0.25) is 5.91 Å². The first-order valence-corrected chi connectivity index (χ1v) is 14.3. The van der Waals surface area contributed by atoms with Crippen LogP contribution in [0.4, 0.5) is 0 Å². The largest absolute Gasteiger partial charge is 0.481 e. The molecule has 4 rings (SSSR count). The van der Waals surface area contributed by atoms with E-state index in [1.165, 1.54) is 64.2 Å². The van der Waals surface area contributed by atoms with Gasteiger partial charge in [-0.2, -0.15) is 0 Å². The summed E-state index contributed by atoms with van der Waals surface area (Å²) in [5.41, 5.74) is 0.922. The van der Waals surface area contributed by atoms with Gasteiger partial charge < -0.3 is 15.5 Å². The first kappa shape index (κ1) is 26.5. The van der Waals surface area contributed by atoms with E-state index in [9.17, 15) is 19.5 Å². The van der Waals surface area contributed by atoms with Gasteiger partial charge in [0.1, 0.15) is 6.04 Å². The number of fused-ring (bicyclic) bond motifs is 5. The Labute approximate surface area is 211 Å². The molecule has 35 heavy (non-hydrogen) atoms. The Morgan fingerprint density at radius 1 is 0.857 bits per heavy atom. The minimum atomic E-state index is -1.17. The summed E-state index contributed by atoms with van der Waals surface area (Å²) in [6, 6.07) is -1.13. The molecule has 4 aliphatic rings. The highest BCUT2D eigenvalue weighted by Crippen LogP contribution is 2.68. The third-order valence-electron chi connectivity index (χ3n) is 11.5. The molecular weight excluding hydrogens is 442 g/mol. The van der Waals surface area contributed by atoms with Crippen molar-refractivity contribution < 1.29 is 24.6 Å². The lowest BCUT2D eigenvalue weighted by Crippen LogP contribution is -2.53. The van der Waals surface area contributed by atoms with Crippen molar-refractivity contribution in [3.05, 3.63) is 0 Å². The summed E-state index contributed by atoms with van der Waals surface area (Å²) in [5.74, 6) is 2.09. The van der Waals surface area contributed by atoms with Crippen molar-refractivity contribution in [3.8, 4) is 0 Å². The smallest absolute Gasteiger partial charge is 0.326 e. The first-order chi connectivity index (χ1) is 16.6. The highest BCUT2D eigenvalue weighted by Gasteiger charge is 2.60. The number of rotatable bonds is 9. The third-order valence-corrected chi connectivity index (χ3v) is 11.5. The lowest BCUT2D eigenvalue weighted by atomic mass is 9.44. The summed E-state index contributed by atoms with van der Waals surface area (Å²) in [4.78, 5) is 34.7. The molecule has 0 aromatic rings.